The highest BCUT2D eigenvalue weighted by Crippen LogP contribution is 2.59. The number of furan rings is 1. The van der Waals surface area contributed by atoms with Crippen molar-refractivity contribution < 1.29 is 27.0 Å². The van der Waals surface area contributed by atoms with E-state index < -0.39 is 44.4 Å². The largest absolute Gasteiger partial charge is 0.457 e. The number of hydrogen-bond acceptors (Lipinski definition) is 5. The van der Waals surface area contributed by atoms with Crippen molar-refractivity contribution in [2.75, 3.05) is 0 Å². The van der Waals surface area contributed by atoms with Crippen LogP contribution in [0.25, 0.3) is 55.7 Å². The topological polar surface area (TPSA) is 61.0 Å². The Bertz CT molecular complexity index is 3280. The third-order valence-electron chi connectivity index (χ3n) is 13.5. The normalized spacial score (nSPS) is 26.0. The lowest BCUT2D eigenvalue weighted by Crippen LogP contribution is -2.44. The third kappa shape index (κ3) is 7.90. The molecular formula is C56H63N3O2. The first-order valence-electron chi connectivity index (χ1n) is 27.9. The molecule has 0 amide bonds. The van der Waals surface area contributed by atoms with Gasteiger partial charge in [-0.3, -0.25) is 9.97 Å². The zero-order valence-corrected chi connectivity index (χ0v) is 36.2. The summed E-state index contributed by atoms with van der Waals surface area (Å²) in [5.74, 6) is -0.107. The molecule has 2 aliphatic rings. The smallest absolute Gasteiger partial charge is 0.227 e. The van der Waals surface area contributed by atoms with Crippen LogP contribution in [0.15, 0.2) is 95.7 Å². The van der Waals surface area contributed by atoms with Crippen molar-refractivity contribution in [1.29, 1.82) is 0 Å². The van der Waals surface area contributed by atoms with Gasteiger partial charge in [-0.2, -0.15) is 0 Å². The predicted molar refractivity (Wildman–Crippen MR) is 252 cm³/mol. The zero-order chi connectivity index (χ0) is 53.9. The summed E-state index contributed by atoms with van der Waals surface area (Å²) in [5, 5.41) is 0.983. The summed E-state index contributed by atoms with van der Waals surface area (Å²) in [7, 11) is 0. The van der Waals surface area contributed by atoms with Crippen molar-refractivity contribution in [3.63, 3.8) is 0 Å². The quantitative estimate of drug-likeness (QED) is 0.160. The van der Waals surface area contributed by atoms with E-state index in [-0.39, 0.29) is 73.4 Å². The van der Waals surface area contributed by atoms with Gasteiger partial charge in [0.05, 0.1) is 11.4 Å². The summed E-state index contributed by atoms with van der Waals surface area (Å²) in [6.45, 7) is 5.04. The molecule has 7 aromatic rings. The number of ether oxygens (including phenoxy) is 1. The molecule has 0 bridgehead atoms. The molecule has 3 unspecified atom stereocenters. The van der Waals surface area contributed by atoms with E-state index in [1.807, 2.05) is 6.20 Å². The Morgan fingerprint density at radius 2 is 1.51 bits per heavy atom. The first kappa shape index (κ1) is 28.3. The van der Waals surface area contributed by atoms with Crippen LogP contribution >= 0.6 is 0 Å². The number of aryl methyl sites for hydroxylation is 4. The molecule has 61 heavy (non-hydrogen) atoms. The van der Waals surface area contributed by atoms with Gasteiger partial charge in [0.25, 0.3) is 0 Å². The van der Waals surface area contributed by atoms with Gasteiger partial charge in [0.1, 0.15) is 17.1 Å². The van der Waals surface area contributed by atoms with Crippen LogP contribution in [0.1, 0.15) is 137 Å². The van der Waals surface area contributed by atoms with Crippen molar-refractivity contribution in [3.05, 3.63) is 125 Å². The number of fused-ring (bicyclic) bond motifs is 3. The molecule has 3 aromatic carbocycles. The fourth-order valence-corrected chi connectivity index (χ4v) is 11.1. The van der Waals surface area contributed by atoms with Crippen molar-refractivity contribution >= 4 is 22.1 Å². The summed E-state index contributed by atoms with van der Waals surface area (Å²) in [4.78, 5) is 13.9. The van der Waals surface area contributed by atoms with Crippen molar-refractivity contribution in [2.45, 2.75) is 120 Å². The zero-order valence-electron chi connectivity index (χ0n) is 49.2. The fourth-order valence-electron chi connectivity index (χ4n) is 11.1. The Balaban J connectivity index is 1.21. The summed E-state index contributed by atoms with van der Waals surface area (Å²) >= 11 is 0. The maximum Gasteiger partial charge on any atom is 0.227 e. The Morgan fingerprint density at radius 1 is 0.738 bits per heavy atom. The molecule has 2 aliphatic carbocycles. The van der Waals surface area contributed by atoms with E-state index in [2.05, 4.69) is 64.5 Å². The molecule has 0 N–H and O–H groups in total. The number of aromatic nitrogens is 3. The minimum Gasteiger partial charge on any atom is -0.457 e. The van der Waals surface area contributed by atoms with E-state index in [0.717, 1.165) is 55.8 Å². The molecule has 9 rings (SSSR count). The van der Waals surface area contributed by atoms with Crippen molar-refractivity contribution in [2.24, 2.45) is 28.1 Å². The second-order valence-electron chi connectivity index (χ2n) is 19.8. The average Bonchev–Trinajstić information content (AvgIpc) is 3.64. The van der Waals surface area contributed by atoms with Crippen LogP contribution in [0, 0.1) is 62.4 Å². The monoisotopic (exact) mass is 823 g/mol. The molecule has 2 fully saturated rings. The lowest BCUT2D eigenvalue weighted by atomic mass is 9.51. The molecule has 314 valence electrons. The molecule has 2 saturated carbocycles. The summed E-state index contributed by atoms with van der Waals surface area (Å²) in [6.07, 6.45) is 8.36. The van der Waals surface area contributed by atoms with Crippen LogP contribution in [0.3, 0.4) is 0 Å². The minimum atomic E-state index is -2.83. The maximum absolute atomic E-state index is 10.1. The Morgan fingerprint density at radius 3 is 2.25 bits per heavy atom. The molecule has 5 heteroatoms. The molecule has 0 aliphatic heterocycles. The van der Waals surface area contributed by atoms with E-state index in [1.54, 1.807) is 54.6 Å². The van der Waals surface area contributed by atoms with Crippen LogP contribution < -0.4 is 4.74 Å². The number of nitrogens with zero attached hydrogens (tertiary/aromatic N) is 3. The first-order chi connectivity index (χ1) is 34.2. The van der Waals surface area contributed by atoms with Crippen LogP contribution in [-0.4, -0.2) is 15.0 Å². The molecular weight excluding hydrogens is 747 g/mol. The molecule has 0 radical (unpaired) electrons. The SMILES string of the molecule is [2H]C([2H])([2H])c1ccc2c(n1)oc1c(-c3cc(C4CCC(C)(C5([2H])CC(C)(C)CC(C)(C)C5)CC4C)c(C)cn3)cc(Oc3cc(-c4cc(C([2H])([2H])[2H])c(C([2H])([2H])[2H])cn4)cc(-c4ccccc4)c3C([2H])([2H])[2H])cc12. The van der Waals surface area contributed by atoms with Gasteiger partial charge in [-0.15, -0.1) is 0 Å². The number of hydrogen-bond donors (Lipinski definition) is 0. The van der Waals surface area contributed by atoms with Crippen molar-refractivity contribution in [3.8, 4) is 45.1 Å². The van der Waals surface area contributed by atoms with Gasteiger partial charge in [-0.1, -0.05) is 71.9 Å². The fraction of sp³-hybridized carbons (Fsp3) is 0.411. The van der Waals surface area contributed by atoms with E-state index in [4.69, 9.17) is 30.6 Å². The highest BCUT2D eigenvalue weighted by molar-refractivity contribution is 6.09. The lowest BCUT2D eigenvalue weighted by molar-refractivity contribution is -0.0280. The molecule has 3 atom stereocenters. The van der Waals surface area contributed by atoms with Crippen LogP contribution in [0.4, 0.5) is 0 Å². The van der Waals surface area contributed by atoms with Gasteiger partial charge >= 0.3 is 0 Å². The van der Waals surface area contributed by atoms with E-state index in [1.165, 1.54) is 18.2 Å². The van der Waals surface area contributed by atoms with Gasteiger partial charge in [0.2, 0.25) is 5.71 Å². The molecule has 0 spiro atoms. The van der Waals surface area contributed by atoms with Crippen LogP contribution in [-0.2, 0) is 0 Å². The lowest BCUT2D eigenvalue weighted by Gasteiger charge is -2.54. The van der Waals surface area contributed by atoms with E-state index in [0.29, 0.717) is 33.2 Å². The number of benzene rings is 3. The van der Waals surface area contributed by atoms with Gasteiger partial charge in [-0.25, -0.2) is 4.98 Å². The molecule has 4 heterocycles. The Kier molecular flexibility index (Phi) is 7.09. The highest BCUT2D eigenvalue weighted by Gasteiger charge is 2.48. The third-order valence-corrected chi connectivity index (χ3v) is 13.5. The molecule has 4 aromatic heterocycles. The number of pyridine rings is 3. The first-order valence-corrected chi connectivity index (χ1v) is 21.4. The Hall–Kier alpha value is -5.29. The molecule has 0 saturated heterocycles. The van der Waals surface area contributed by atoms with E-state index >= 15 is 0 Å². The van der Waals surface area contributed by atoms with Crippen molar-refractivity contribution in [1.82, 2.24) is 15.0 Å². The standard InChI is InChI=1S/C56H63N3O2/c1-33-21-49(57-30-35(33)3)40-22-46(39-15-13-12-14-16-39)38(6)51(23-40)60-42-24-47-44-18-17-37(5)59-53(44)61-52(47)48(25-42)50-26-45(36(4)31-58-50)43-19-20-56(11,27-34(43)2)41-28-54(7,8)32-55(9,10)29-41/h12-18,21-26,30-31,34,41,43H,19-20,27-29,32H2,1-11H3/i1D3,3D3,5D3,6D3,41D. The van der Waals surface area contributed by atoms with Gasteiger partial charge in [0, 0.05) is 57.8 Å². The minimum absolute atomic E-state index is 0.0619. The van der Waals surface area contributed by atoms with E-state index in [9.17, 15) is 1.37 Å². The average molecular weight is 823 g/mol. The van der Waals surface area contributed by atoms with Crippen LogP contribution in [0.2, 0.25) is 0 Å². The Labute approximate surface area is 381 Å². The maximum atomic E-state index is 10.1. The molecule has 5 nitrogen and oxygen atoms in total. The second kappa shape index (κ2) is 15.3. The summed E-state index contributed by atoms with van der Waals surface area (Å²) in [6, 6.07) is 21.6. The highest BCUT2D eigenvalue weighted by atomic mass is 16.5. The van der Waals surface area contributed by atoms with Gasteiger partial charge in [-0.05, 0) is 194 Å². The summed E-state index contributed by atoms with van der Waals surface area (Å²) in [5.41, 5.74) is 3.50. The number of rotatable bonds is 7. The second-order valence-corrected chi connectivity index (χ2v) is 19.8. The predicted octanol–water partition coefficient (Wildman–Crippen LogP) is 15.9. The van der Waals surface area contributed by atoms with Gasteiger partial charge < -0.3 is 9.15 Å². The summed E-state index contributed by atoms with van der Waals surface area (Å²) < 4.78 is 123. The van der Waals surface area contributed by atoms with Gasteiger partial charge in [0.15, 0.2) is 0 Å². The van der Waals surface area contributed by atoms with Crippen LogP contribution in [0.5, 0.6) is 11.5 Å².